The highest BCUT2D eigenvalue weighted by molar-refractivity contribution is 6.30. The topological polar surface area (TPSA) is 60.0 Å². The Balaban J connectivity index is 1.99. The number of carbonyl (C=O) groups excluding carboxylic acids is 1. The molecule has 1 aromatic carbocycles. The van der Waals surface area contributed by atoms with Gasteiger partial charge in [-0.05, 0) is 38.0 Å². The van der Waals surface area contributed by atoms with E-state index in [4.69, 9.17) is 11.6 Å². The molecule has 0 spiro atoms. The quantitative estimate of drug-likeness (QED) is 0.588. The van der Waals surface area contributed by atoms with Gasteiger partial charge in [-0.25, -0.2) is 4.99 Å². The molecule has 1 aromatic rings. The standard InChI is InChI=1S/C19H30ClN5O/c1-5-14(2)22-19(21-12-18(26)24(3)4)23-16-9-10-25(13-16)17-8-6-7-15(20)11-17/h6-8,11,14,16H,5,9-10,12-13H2,1-4H3,(H2,21,22,23). The van der Waals surface area contributed by atoms with Gasteiger partial charge in [-0.15, -0.1) is 0 Å². The van der Waals surface area contributed by atoms with Gasteiger partial charge in [0.05, 0.1) is 0 Å². The summed E-state index contributed by atoms with van der Waals surface area (Å²) in [5.41, 5.74) is 1.14. The molecule has 1 saturated heterocycles. The number of halogens is 1. The third-order valence-corrected chi connectivity index (χ3v) is 4.80. The number of anilines is 1. The third-order valence-electron chi connectivity index (χ3n) is 4.57. The average molecular weight is 380 g/mol. The SMILES string of the molecule is CCC(C)NC(=NCC(=O)N(C)C)NC1CCN(c2cccc(Cl)c2)C1. The molecule has 6 nitrogen and oxygen atoms in total. The second-order valence-corrected chi connectivity index (χ2v) is 7.40. The Kier molecular flexibility index (Phi) is 7.57. The summed E-state index contributed by atoms with van der Waals surface area (Å²) in [6.45, 7) is 6.21. The number of nitrogens with zero attached hydrogens (tertiary/aromatic N) is 3. The Morgan fingerprint density at radius 3 is 2.88 bits per heavy atom. The van der Waals surface area contributed by atoms with E-state index in [1.165, 1.54) is 0 Å². The smallest absolute Gasteiger partial charge is 0.243 e. The van der Waals surface area contributed by atoms with Crippen LogP contribution in [0.25, 0.3) is 0 Å². The average Bonchev–Trinajstić information content (AvgIpc) is 3.07. The predicted molar refractivity (Wildman–Crippen MR) is 109 cm³/mol. The zero-order valence-corrected chi connectivity index (χ0v) is 16.9. The van der Waals surface area contributed by atoms with Crippen molar-refractivity contribution in [2.45, 2.75) is 38.8 Å². The molecule has 26 heavy (non-hydrogen) atoms. The van der Waals surface area contributed by atoms with E-state index in [9.17, 15) is 4.79 Å². The number of aliphatic imine (C=N–C) groups is 1. The molecule has 0 aliphatic carbocycles. The van der Waals surface area contributed by atoms with E-state index in [1.807, 2.05) is 18.2 Å². The summed E-state index contributed by atoms with van der Waals surface area (Å²) in [6.07, 6.45) is 2.00. The summed E-state index contributed by atoms with van der Waals surface area (Å²) < 4.78 is 0. The Morgan fingerprint density at radius 2 is 2.23 bits per heavy atom. The van der Waals surface area contributed by atoms with Gasteiger partial charge in [0.15, 0.2) is 5.96 Å². The maximum Gasteiger partial charge on any atom is 0.243 e. The Morgan fingerprint density at radius 1 is 1.46 bits per heavy atom. The largest absolute Gasteiger partial charge is 0.369 e. The van der Waals surface area contributed by atoms with Crippen LogP contribution in [0.2, 0.25) is 5.02 Å². The van der Waals surface area contributed by atoms with Gasteiger partial charge in [-0.1, -0.05) is 24.6 Å². The molecule has 2 unspecified atom stereocenters. The summed E-state index contributed by atoms with van der Waals surface area (Å²) in [5, 5.41) is 7.62. The second-order valence-electron chi connectivity index (χ2n) is 6.96. The number of nitrogens with one attached hydrogen (secondary N) is 2. The Labute approximate surface area is 161 Å². The number of hydrogen-bond donors (Lipinski definition) is 2. The molecule has 1 fully saturated rings. The lowest BCUT2D eigenvalue weighted by molar-refractivity contribution is -0.127. The number of rotatable bonds is 6. The lowest BCUT2D eigenvalue weighted by atomic mass is 10.2. The fourth-order valence-corrected chi connectivity index (χ4v) is 2.92. The number of carbonyl (C=O) groups is 1. The minimum absolute atomic E-state index is 0.0118. The first kappa shape index (κ1) is 20.4. The van der Waals surface area contributed by atoms with Gasteiger partial charge >= 0.3 is 0 Å². The van der Waals surface area contributed by atoms with Crippen molar-refractivity contribution in [2.24, 2.45) is 4.99 Å². The Bertz CT molecular complexity index is 634. The van der Waals surface area contributed by atoms with Crippen LogP contribution < -0.4 is 15.5 Å². The lowest BCUT2D eigenvalue weighted by Crippen LogP contribution is -2.48. The van der Waals surface area contributed by atoms with Crippen LogP contribution >= 0.6 is 11.6 Å². The number of hydrogen-bond acceptors (Lipinski definition) is 3. The summed E-state index contributed by atoms with van der Waals surface area (Å²) in [4.78, 5) is 20.2. The van der Waals surface area contributed by atoms with Crippen LogP contribution in [0.3, 0.4) is 0 Å². The van der Waals surface area contributed by atoms with Crippen LogP contribution in [0.4, 0.5) is 5.69 Å². The zero-order chi connectivity index (χ0) is 19.1. The van der Waals surface area contributed by atoms with Gasteiger partial charge in [0.1, 0.15) is 6.54 Å². The van der Waals surface area contributed by atoms with Crippen LogP contribution in [-0.2, 0) is 4.79 Å². The van der Waals surface area contributed by atoms with Crippen LogP contribution in [0, 0.1) is 0 Å². The van der Waals surface area contributed by atoms with Crippen molar-refractivity contribution in [3.8, 4) is 0 Å². The van der Waals surface area contributed by atoms with Gasteiger partial charge in [0.25, 0.3) is 0 Å². The molecule has 1 aliphatic heterocycles. The van der Waals surface area contributed by atoms with E-state index in [-0.39, 0.29) is 18.5 Å². The van der Waals surface area contributed by atoms with E-state index >= 15 is 0 Å². The molecule has 7 heteroatoms. The van der Waals surface area contributed by atoms with Crippen molar-refractivity contribution in [1.29, 1.82) is 0 Å². The van der Waals surface area contributed by atoms with Crippen molar-refractivity contribution >= 4 is 29.2 Å². The molecule has 1 aliphatic rings. The van der Waals surface area contributed by atoms with Crippen LogP contribution in [0.1, 0.15) is 26.7 Å². The highest BCUT2D eigenvalue weighted by atomic mass is 35.5. The van der Waals surface area contributed by atoms with Crippen LogP contribution in [0.5, 0.6) is 0 Å². The van der Waals surface area contributed by atoms with E-state index in [1.54, 1.807) is 19.0 Å². The first-order chi connectivity index (χ1) is 12.4. The fourth-order valence-electron chi connectivity index (χ4n) is 2.74. The fraction of sp³-hybridized carbons (Fsp3) is 0.579. The molecule has 1 heterocycles. The molecule has 2 rings (SSSR count). The summed E-state index contributed by atoms with van der Waals surface area (Å²) in [5.74, 6) is 0.690. The number of amides is 1. The lowest BCUT2D eigenvalue weighted by Gasteiger charge is -2.22. The summed E-state index contributed by atoms with van der Waals surface area (Å²) >= 11 is 6.11. The van der Waals surface area contributed by atoms with Crippen molar-refractivity contribution in [2.75, 3.05) is 38.6 Å². The minimum Gasteiger partial charge on any atom is -0.369 e. The van der Waals surface area contributed by atoms with Gasteiger partial charge in [-0.2, -0.15) is 0 Å². The first-order valence-electron chi connectivity index (χ1n) is 9.17. The van der Waals surface area contributed by atoms with E-state index in [2.05, 4.69) is 40.4 Å². The highest BCUT2D eigenvalue weighted by Gasteiger charge is 2.24. The van der Waals surface area contributed by atoms with Gasteiger partial charge in [-0.3, -0.25) is 4.79 Å². The third kappa shape index (κ3) is 6.09. The van der Waals surface area contributed by atoms with E-state index in [0.717, 1.165) is 36.6 Å². The molecule has 1 amide bonds. The summed E-state index contributed by atoms with van der Waals surface area (Å²) in [7, 11) is 3.49. The van der Waals surface area contributed by atoms with Crippen molar-refractivity contribution in [3.05, 3.63) is 29.3 Å². The van der Waals surface area contributed by atoms with Crippen molar-refractivity contribution in [1.82, 2.24) is 15.5 Å². The Hall–Kier alpha value is -1.95. The maximum absolute atomic E-state index is 11.9. The molecule has 0 radical (unpaired) electrons. The highest BCUT2D eigenvalue weighted by Crippen LogP contribution is 2.23. The van der Waals surface area contributed by atoms with Crippen molar-refractivity contribution in [3.63, 3.8) is 0 Å². The number of guanidine groups is 1. The molecule has 0 bridgehead atoms. The van der Waals surface area contributed by atoms with Gasteiger partial charge in [0, 0.05) is 50.0 Å². The number of benzene rings is 1. The number of likely N-dealkylation sites (N-methyl/N-ethyl adjacent to an activating group) is 1. The molecule has 2 N–H and O–H groups in total. The zero-order valence-electron chi connectivity index (χ0n) is 16.1. The normalized spacial score (nSPS) is 18.6. The van der Waals surface area contributed by atoms with Crippen LogP contribution in [0.15, 0.2) is 29.3 Å². The van der Waals surface area contributed by atoms with E-state index < -0.39 is 0 Å². The minimum atomic E-state index is -0.0118. The monoisotopic (exact) mass is 379 g/mol. The predicted octanol–water partition coefficient (Wildman–Crippen LogP) is 2.34. The molecule has 144 valence electrons. The van der Waals surface area contributed by atoms with Crippen LogP contribution in [-0.4, -0.2) is 62.6 Å². The first-order valence-corrected chi connectivity index (χ1v) is 9.55. The van der Waals surface area contributed by atoms with Crippen molar-refractivity contribution < 1.29 is 4.79 Å². The molecule has 0 aromatic heterocycles. The van der Waals surface area contributed by atoms with Gasteiger partial charge in [0.2, 0.25) is 5.91 Å². The molecule has 2 atom stereocenters. The maximum atomic E-state index is 11.9. The second kappa shape index (κ2) is 9.67. The molecule has 0 saturated carbocycles. The molecular formula is C19H30ClN5O. The summed E-state index contributed by atoms with van der Waals surface area (Å²) in [6, 6.07) is 8.50. The molecular weight excluding hydrogens is 350 g/mol. The van der Waals surface area contributed by atoms with Gasteiger partial charge < -0.3 is 20.4 Å². The van der Waals surface area contributed by atoms with E-state index in [0.29, 0.717) is 12.0 Å².